The fraction of sp³-hybridized carbons (Fsp3) is 0.269. The summed E-state index contributed by atoms with van der Waals surface area (Å²) >= 11 is 0. The summed E-state index contributed by atoms with van der Waals surface area (Å²) in [5.41, 5.74) is 2.64. The van der Waals surface area contributed by atoms with Gasteiger partial charge in [0, 0.05) is 18.7 Å². The Morgan fingerprint density at radius 3 is 2.31 bits per heavy atom. The van der Waals surface area contributed by atoms with Gasteiger partial charge in [0.25, 0.3) is 0 Å². The van der Waals surface area contributed by atoms with Crippen LogP contribution in [0.2, 0.25) is 0 Å². The van der Waals surface area contributed by atoms with Crippen LogP contribution in [0.3, 0.4) is 0 Å². The van der Waals surface area contributed by atoms with E-state index in [2.05, 4.69) is 6.58 Å². The van der Waals surface area contributed by atoms with Crippen molar-refractivity contribution in [2.45, 2.75) is 26.9 Å². The zero-order valence-corrected chi connectivity index (χ0v) is 18.6. The van der Waals surface area contributed by atoms with E-state index in [1.54, 1.807) is 55.2 Å². The van der Waals surface area contributed by atoms with Gasteiger partial charge >= 0.3 is 11.9 Å². The van der Waals surface area contributed by atoms with E-state index in [1.807, 2.05) is 30.3 Å². The monoisotopic (exact) mass is 435 g/mol. The van der Waals surface area contributed by atoms with Gasteiger partial charge in [-0.25, -0.2) is 4.79 Å². The highest BCUT2D eigenvalue weighted by Gasteiger charge is 2.16. The maximum absolute atomic E-state index is 12.8. The topological polar surface area (TPSA) is 72.9 Å². The highest BCUT2D eigenvalue weighted by molar-refractivity contribution is 5.97. The summed E-state index contributed by atoms with van der Waals surface area (Å²) in [4.78, 5) is 38.2. The Hall–Kier alpha value is -3.67. The molecule has 0 aliphatic heterocycles. The van der Waals surface area contributed by atoms with Crippen molar-refractivity contribution in [3.8, 4) is 0 Å². The number of hydrogen-bond acceptors (Lipinski definition) is 5. The lowest BCUT2D eigenvalue weighted by molar-refractivity contribution is -0.143. The number of carbonyl (C=O) groups excluding carboxylic acids is 3. The van der Waals surface area contributed by atoms with Crippen molar-refractivity contribution >= 4 is 23.9 Å². The number of benzene rings is 2. The third kappa shape index (κ3) is 7.87. The van der Waals surface area contributed by atoms with Gasteiger partial charge in [-0.3, -0.25) is 9.59 Å². The van der Waals surface area contributed by atoms with E-state index in [9.17, 15) is 14.4 Å². The molecule has 32 heavy (non-hydrogen) atoms. The van der Waals surface area contributed by atoms with E-state index in [4.69, 9.17) is 9.47 Å². The lowest BCUT2D eigenvalue weighted by Crippen LogP contribution is -2.34. The van der Waals surface area contributed by atoms with Gasteiger partial charge in [0.15, 0.2) is 0 Å². The molecule has 0 heterocycles. The minimum atomic E-state index is -0.409. The summed E-state index contributed by atoms with van der Waals surface area (Å²) in [7, 11) is 0. The van der Waals surface area contributed by atoms with Gasteiger partial charge < -0.3 is 14.4 Å². The van der Waals surface area contributed by atoms with Crippen LogP contribution in [0.25, 0.3) is 6.08 Å². The summed E-state index contributed by atoms with van der Waals surface area (Å²) in [6, 6.07) is 16.3. The number of amides is 1. The van der Waals surface area contributed by atoms with E-state index >= 15 is 0 Å². The van der Waals surface area contributed by atoms with Crippen LogP contribution < -0.4 is 0 Å². The Morgan fingerprint density at radius 2 is 1.69 bits per heavy atom. The molecule has 6 nitrogen and oxygen atoms in total. The largest absolute Gasteiger partial charge is 0.466 e. The molecule has 0 aromatic heterocycles. The molecule has 6 heteroatoms. The molecule has 0 saturated carbocycles. The predicted octanol–water partition coefficient (Wildman–Crippen LogP) is 4.41. The Morgan fingerprint density at radius 1 is 1.00 bits per heavy atom. The molecule has 0 radical (unpaired) electrons. The third-order valence-corrected chi connectivity index (χ3v) is 4.61. The van der Waals surface area contributed by atoms with Gasteiger partial charge in [0.2, 0.25) is 5.91 Å². The fourth-order valence-corrected chi connectivity index (χ4v) is 2.97. The van der Waals surface area contributed by atoms with Crippen molar-refractivity contribution in [1.82, 2.24) is 4.90 Å². The predicted molar refractivity (Wildman–Crippen MR) is 124 cm³/mol. The first kappa shape index (κ1) is 24.6. The average Bonchev–Trinajstić information content (AvgIpc) is 2.81. The molecular formula is C26H29NO5. The Bertz CT molecular complexity index is 948. The molecule has 0 bridgehead atoms. The SMILES string of the molecule is C=CCN(CCC(=O)OCC)C(=O)/C(C)=C/c1ccc(C(=O)OCc2ccccc2)cc1. The van der Waals surface area contributed by atoms with Crippen LogP contribution in [-0.2, 0) is 25.7 Å². The van der Waals surface area contributed by atoms with Crippen LogP contribution in [0.5, 0.6) is 0 Å². The molecular weight excluding hydrogens is 406 g/mol. The highest BCUT2D eigenvalue weighted by atomic mass is 16.5. The summed E-state index contributed by atoms with van der Waals surface area (Å²) in [6.45, 7) is 8.23. The van der Waals surface area contributed by atoms with E-state index in [0.717, 1.165) is 11.1 Å². The van der Waals surface area contributed by atoms with Gasteiger partial charge in [0.1, 0.15) is 6.61 Å². The number of hydrogen-bond donors (Lipinski definition) is 0. The quantitative estimate of drug-likeness (QED) is 0.297. The molecule has 0 atom stereocenters. The Labute approximate surface area is 189 Å². The zero-order chi connectivity index (χ0) is 23.3. The summed E-state index contributed by atoms with van der Waals surface area (Å²) in [5, 5.41) is 0. The van der Waals surface area contributed by atoms with Crippen molar-refractivity contribution in [3.63, 3.8) is 0 Å². The molecule has 0 fully saturated rings. The maximum atomic E-state index is 12.8. The molecule has 0 spiro atoms. The summed E-state index contributed by atoms with van der Waals surface area (Å²) < 4.78 is 10.3. The Kier molecular flexibility index (Phi) is 9.91. The van der Waals surface area contributed by atoms with Crippen molar-refractivity contribution in [1.29, 1.82) is 0 Å². The molecule has 0 saturated heterocycles. The minimum Gasteiger partial charge on any atom is -0.466 e. The zero-order valence-electron chi connectivity index (χ0n) is 18.6. The molecule has 2 rings (SSSR count). The van der Waals surface area contributed by atoms with Crippen molar-refractivity contribution in [2.24, 2.45) is 0 Å². The number of carbonyl (C=O) groups is 3. The highest BCUT2D eigenvalue weighted by Crippen LogP contribution is 2.13. The molecule has 2 aromatic rings. The maximum Gasteiger partial charge on any atom is 0.338 e. The first-order valence-electron chi connectivity index (χ1n) is 10.5. The van der Waals surface area contributed by atoms with Crippen LogP contribution in [0.15, 0.2) is 72.8 Å². The van der Waals surface area contributed by atoms with Gasteiger partial charge in [-0.15, -0.1) is 6.58 Å². The van der Waals surface area contributed by atoms with Gasteiger partial charge in [-0.2, -0.15) is 0 Å². The molecule has 1 amide bonds. The first-order chi connectivity index (χ1) is 15.4. The van der Waals surface area contributed by atoms with Crippen molar-refractivity contribution < 1.29 is 23.9 Å². The second-order valence-corrected chi connectivity index (χ2v) is 7.11. The van der Waals surface area contributed by atoms with E-state index in [-0.39, 0.29) is 31.4 Å². The van der Waals surface area contributed by atoms with Crippen LogP contribution in [-0.4, -0.2) is 42.4 Å². The second-order valence-electron chi connectivity index (χ2n) is 7.11. The van der Waals surface area contributed by atoms with Crippen LogP contribution in [0.4, 0.5) is 0 Å². The molecule has 0 aliphatic rings. The van der Waals surface area contributed by atoms with E-state index < -0.39 is 5.97 Å². The van der Waals surface area contributed by atoms with Crippen molar-refractivity contribution in [3.05, 3.63) is 89.5 Å². The number of ether oxygens (including phenoxy) is 2. The molecule has 2 aromatic carbocycles. The van der Waals surface area contributed by atoms with Crippen LogP contribution >= 0.6 is 0 Å². The van der Waals surface area contributed by atoms with E-state index in [1.165, 1.54) is 0 Å². The number of esters is 2. The van der Waals surface area contributed by atoms with E-state index in [0.29, 0.717) is 24.3 Å². The number of nitrogens with zero attached hydrogens (tertiary/aromatic N) is 1. The number of rotatable bonds is 11. The average molecular weight is 436 g/mol. The smallest absolute Gasteiger partial charge is 0.338 e. The summed E-state index contributed by atoms with van der Waals surface area (Å²) in [5.74, 6) is -0.945. The van der Waals surface area contributed by atoms with Crippen LogP contribution in [0, 0.1) is 0 Å². The normalized spacial score (nSPS) is 10.9. The molecule has 0 unspecified atom stereocenters. The van der Waals surface area contributed by atoms with Gasteiger partial charge in [-0.05, 0) is 43.2 Å². The molecule has 168 valence electrons. The molecule has 0 N–H and O–H groups in total. The Balaban J connectivity index is 1.98. The lowest BCUT2D eigenvalue weighted by atomic mass is 10.1. The minimum absolute atomic E-state index is 0.125. The van der Waals surface area contributed by atoms with Crippen LogP contribution in [0.1, 0.15) is 41.8 Å². The summed E-state index contributed by atoms with van der Waals surface area (Å²) in [6.07, 6.45) is 3.48. The van der Waals surface area contributed by atoms with Crippen molar-refractivity contribution in [2.75, 3.05) is 19.7 Å². The lowest BCUT2D eigenvalue weighted by Gasteiger charge is -2.21. The standard InChI is InChI=1S/C26H29NO5/c1-4-16-27(17-15-24(28)31-5-2)25(29)20(3)18-21-11-13-23(14-12-21)26(30)32-19-22-9-7-6-8-10-22/h4,6-14,18H,1,5,15-17,19H2,2-3H3/b20-18+. The fourth-order valence-electron chi connectivity index (χ4n) is 2.97. The third-order valence-electron chi connectivity index (χ3n) is 4.61. The molecule has 0 aliphatic carbocycles. The van der Waals surface area contributed by atoms with Gasteiger partial charge in [0.05, 0.1) is 18.6 Å². The second kappa shape index (κ2) is 12.9. The van der Waals surface area contributed by atoms with Gasteiger partial charge in [-0.1, -0.05) is 48.5 Å². The first-order valence-corrected chi connectivity index (χ1v) is 10.5.